The van der Waals surface area contributed by atoms with E-state index >= 15 is 0 Å². The molecule has 1 aliphatic heterocycles. The Morgan fingerprint density at radius 3 is 2.41 bits per heavy atom. The lowest BCUT2D eigenvalue weighted by atomic mass is 10.1. The van der Waals surface area contributed by atoms with Gasteiger partial charge < -0.3 is 12.8 Å². The van der Waals surface area contributed by atoms with E-state index in [1.54, 1.807) is 36.4 Å². The number of rotatable bonds is 1. The first-order valence-corrected chi connectivity index (χ1v) is 7.68. The summed E-state index contributed by atoms with van der Waals surface area (Å²) in [7, 11) is -4.39. The van der Waals surface area contributed by atoms with Gasteiger partial charge in [-0.2, -0.15) is 0 Å². The van der Waals surface area contributed by atoms with E-state index in [-0.39, 0.29) is 22.5 Å². The van der Waals surface area contributed by atoms with Crippen LogP contribution in [0.15, 0.2) is 57.7 Å². The highest BCUT2D eigenvalue weighted by Crippen LogP contribution is 2.36. The van der Waals surface area contributed by atoms with Crippen molar-refractivity contribution in [2.75, 3.05) is 0 Å². The lowest BCUT2D eigenvalue weighted by Gasteiger charge is -2.06. The van der Waals surface area contributed by atoms with Gasteiger partial charge in [0, 0.05) is 5.56 Å². The summed E-state index contributed by atoms with van der Waals surface area (Å²) in [4.78, 5) is 12.6. The lowest BCUT2D eigenvalue weighted by molar-refractivity contribution is 0.394. The molecule has 0 fully saturated rings. The molecule has 0 aliphatic carbocycles. The summed E-state index contributed by atoms with van der Waals surface area (Å²) in [5.74, 6) is -0.461. The van der Waals surface area contributed by atoms with Crippen LogP contribution in [0.5, 0.6) is 11.5 Å². The number of fused-ring (bicyclic) bond motifs is 1. The second-order valence-electron chi connectivity index (χ2n) is 4.66. The minimum Gasteiger partial charge on any atom is -0.452 e. The van der Waals surface area contributed by atoms with Crippen molar-refractivity contribution in [3.8, 4) is 22.8 Å². The van der Waals surface area contributed by atoms with Crippen LogP contribution in [0, 0.1) is 0 Å². The van der Waals surface area contributed by atoms with Crippen molar-refractivity contribution in [1.82, 2.24) is 0 Å². The Morgan fingerprint density at radius 1 is 0.864 bits per heavy atom. The van der Waals surface area contributed by atoms with Crippen LogP contribution in [0.1, 0.15) is 0 Å². The van der Waals surface area contributed by atoms with Gasteiger partial charge in [-0.25, -0.2) is 0 Å². The van der Waals surface area contributed by atoms with Crippen molar-refractivity contribution in [2.45, 2.75) is 0 Å². The molecule has 0 radical (unpaired) electrons. The molecule has 2 aromatic carbocycles. The molecule has 0 saturated heterocycles. The van der Waals surface area contributed by atoms with Gasteiger partial charge in [-0.05, 0) is 12.1 Å². The van der Waals surface area contributed by atoms with Gasteiger partial charge in [0.25, 0.3) is 0 Å². The summed E-state index contributed by atoms with van der Waals surface area (Å²) in [5, 5.41) is 0.0401. The van der Waals surface area contributed by atoms with E-state index in [9.17, 15) is 13.2 Å². The molecule has 22 heavy (non-hydrogen) atoms. The van der Waals surface area contributed by atoms with Gasteiger partial charge >= 0.3 is 10.4 Å². The average molecular weight is 316 g/mol. The Kier molecular flexibility index (Phi) is 2.55. The number of hydrogen-bond acceptors (Lipinski definition) is 6. The third-order valence-electron chi connectivity index (χ3n) is 3.25. The molecular formula is C15H8O6S. The third kappa shape index (κ3) is 1.86. The van der Waals surface area contributed by atoms with E-state index in [2.05, 4.69) is 0 Å². The van der Waals surface area contributed by atoms with Crippen LogP contribution < -0.4 is 13.8 Å². The van der Waals surface area contributed by atoms with Crippen LogP contribution in [-0.2, 0) is 10.4 Å². The maximum Gasteiger partial charge on any atom is 0.501 e. The minimum atomic E-state index is -4.39. The predicted molar refractivity (Wildman–Crippen MR) is 78.1 cm³/mol. The fourth-order valence-electron chi connectivity index (χ4n) is 2.35. The van der Waals surface area contributed by atoms with Crippen molar-refractivity contribution in [3.05, 3.63) is 58.8 Å². The van der Waals surface area contributed by atoms with Crippen molar-refractivity contribution in [2.24, 2.45) is 0 Å². The molecule has 110 valence electrons. The topological polar surface area (TPSA) is 82.8 Å². The Bertz CT molecular complexity index is 1050. The molecule has 1 aliphatic rings. The molecule has 6 nitrogen and oxygen atoms in total. The zero-order valence-electron chi connectivity index (χ0n) is 11.0. The molecular weight excluding hydrogens is 308 g/mol. The zero-order chi connectivity index (χ0) is 15.3. The number of hydrogen-bond donors (Lipinski definition) is 0. The van der Waals surface area contributed by atoms with Crippen molar-refractivity contribution in [1.29, 1.82) is 0 Å². The third-order valence-corrected chi connectivity index (χ3v) is 4.01. The Balaban J connectivity index is 2.18. The van der Waals surface area contributed by atoms with Crippen LogP contribution in [0.25, 0.3) is 22.3 Å². The smallest absolute Gasteiger partial charge is 0.452 e. The van der Waals surface area contributed by atoms with Gasteiger partial charge in [0.15, 0.2) is 11.5 Å². The Hall–Kier alpha value is -2.80. The summed E-state index contributed by atoms with van der Waals surface area (Å²) in [6.45, 7) is 0. The first-order valence-electron chi connectivity index (χ1n) is 6.34. The summed E-state index contributed by atoms with van der Waals surface area (Å²) in [6, 6.07) is 13.1. The lowest BCUT2D eigenvalue weighted by Crippen LogP contribution is -2.17. The first kappa shape index (κ1) is 12.9. The van der Waals surface area contributed by atoms with Gasteiger partial charge in [0.05, 0.1) is 0 Å². The van der Waals surface area contributed by atoms with E-state index in [4.69, 9.17) is 12.8 Å². The molecule has 0 spiro atoms. The normalized spacial score (nSPS) is 15.1. The van der Waals surface area contributed by atoms with Gasteiger partial charge in [0.2, 0.25) is 11.2 Å². The summed E-state index contributed by atoms with van der Waals surface area (Å²) >= 11 is 0. The Labute approximate surface area is 124 Å². The largest absolute Gasteiger partial charge is 0.501 e. The molecule has 7 heteroatoms. The van der Waals surface area contributed by atoms with E-state index < -0.39 is 21.6 Å². The van der Waals surface area contributed by atoms with E-state index in [0.717, 1.165) is 0 Å². The highest BCUT2D eigenvalue weighted by molar-refractivity contribution is 7.82. The van der Waals surface area contributed by atoms with Crippen molar-refractivity contribution >= 4 is 21.4 Å². The minimum absolute atomic E-state index is 0.0401. The van der Waals surface area contributed by atoms with Crippen LogP contribution in [-0.4, -0.2) is 8.42 Å². The highest BCUT2D eigenvalue weighted by atomic mass is 32.3. The average Bonchev–Trinajstić information content (AvgIpc) is 2.58. The fourth-order valence-corrected chi connectivity index (χ4v) is 3.09. The molecule has 0 unspecified atom stereocenters. The van der Waals surface area contributed by atoms with Crippen LogP contribution in [0.2, 0.25) is 0 Å². The highest BCUT2D eigenvalue weighted by Gasteiger charge is 2.30. The maximum absolute atomic E-state index is 12.6. The van der Waals surface area contributed by atoms with Crippen LogP contribution >= 0.6 is 0 Å². The molecule has 3 aromatic rings. The Morgan fingerprint density at radius 2 is 1.64 bits per heavy atom. The molecule has 0 amide bonds. The van der Waals surface area contributed by atoms with E-state index in [1.165, 1.54) is 12.1 Å². The van der Waals surface area contributed by atoms with Gasteiger partial charge in [0.1, 0.15) is 11.0 Å². The van der Waals surface area contributed by atoms with Gasteiger partial charge in [-0.1, -0.05) is 36.4 Å². The number of benzene rings is 2. The van der Waals surface area contributed by atoms with Crippen molar-refractivity contribution < 1.29 is 21.2 Å². The standard InChI is InChI=1S/C15H8O6S/c16-13-12-10-7-4-8-11(12)20-22(17,18)21-15(13)14(19-10)9-5-2-1-3-6-9/h1-8H. The van der Waals surface area contributed by atoms with Gasteiger partial charge in [-0.3, -0.25) is 4.79 Å². The molecule has 0 saturated carbocycles. The summed E-state index contributed by atoms with van der Waals surface area (Å²) < 4.78 is 39.0. The SMILES string of the molecule is O=c1c2c(-c3ccccc3)oc3cccc(c13)OS(=O)(=O)O2. The van der Waals surface area contributed by atoms with E-state index in [1.807, 2.05) is 0 Å². The van der Waals surface area contributed by atoms with Gasteiger partial charge in [-0.15, -0.1) is 8.42 Å². The van der Waals surface area contributed by atoms with E-state index in [0.29, 0.717) is 5.56 Å². The first-order chi connectivity index (χ1) is 10.6. The molecule has 4 rings (SSSR count). The van der Waals surface area contributed by atoms with Crippen LogP contribution in [0.4, 0.5) is 0 Å². The zero-order valence-corrected chi connectivity index (χ0v) is 11.8. The predicted octanol–water partition coefficient (Wildman–Crippen LogP) is 2.48. The molecule has 0 atom stereocenters. The molecule has 2 bridgehead atoms. The molecule has 2 heterocycles. The fraction of sp³-hybridized carbons (Fsp3) is 0. The second-order valence-corrected chi connectivity index (χ2v) is 5.81. The van der Waals surface area contributed by atoms with Crippen LogP contribution in [0.3, 0.4) is 0 Å². The molecule has 1 aromatic heterocycles. The second kappa shape index (κ2) is 4.35. The summed E-state index contributed by atoms with van der Waals surface area (Å²) in [5.41, 5.74) is 0.168. The molecule has 0 N–H and O–H groups in total. The maximum atomic E-state index is 12.6. The monoisotopic (exact) mass is 316 g/mol. The summed E-state index contributed by atoms with van der Waals surface area (Å²) in [6.07, 6.45) is 0. The van der Waals surface area contributed by atoms with Crippen molar-refractivity contribution in [3.63, 3.8) is 0 Å². The quantitative estimate of drug-likeness (QED) is 0.686.